The summed E-state index contributed by atoms with van der Waals surface area (Å²) in [5, 5.41) is 56.2. The molecule has 0 saturated carbocycles. The number of rotatable bonds is 30. The SMILES string of the molecule is CC(C)(C)CC(C(=O)O)c1ccc(OC(=O)c2ccc(C(=N)N)cc2)cc1.CC(C)(C)Cc1cc(OC(=O)c2ccc(C(=N)N)cc2)ccc1CC(=O)O.CN(C)C(=O)Cc1ccc(OC(=O)c2ccc(C(=N)N)c(CC(C)(C)C)c2)cc1.CN(C)C(=O)Cc1ccc(OC(=O)c2ccc(C(=N)N)cc2)c(CC(C)(C)C)c1.CN(C)C(=O)Cc1ccc(OC(=O)c2ccc(C(=N)N)cc2CC(C)(C)C)cc1. The van der Waals surface area contributed by atoms with Crippen LogP contribution >= 0.6 is 0 Å². The maximum atomic E-state index is 12.8. The molecule has 1 atom stereocenters. The van der Waals surface area contributed by atoms with Crippen LogP contribution in [0.2, 0.25) is 0 Å². The number of carbonyl (C=O) groups excluding carboxylic acids is 8. The molecule has 17 N–H and O–H groups in total. The zero-order valence-electron chi connectivity index (χ0n) is 84.5. The van der Waals surface area contributed by atoms with E-state index in [4.69, 9.17) is 84.5 Å². The van der Waals surface area contributed by atoms with Crippen molar-refractivity contribution in [2.24, 2.45) is 55.7 Å². The fourth-order valence-corrected chi connectivity index (χ4v) is 13.9. The van der Waals surface area contributed by atoms with Gasteiger partial charge in [-0.2, -0.15) is 0 Å². The lowest BCUT2D eigenvalue weighted by Gasteiger charge is -2.23. The van der Waals surface area contributed by atoms with Gasteiger partial charge in [-0.3, -0.25) is 51.0 Å². The molecule has 0 aliphatic rings. The molecule has 30 nitrogen and oxygen atoms in total. The van der Waals surface area contributed by atoms with Crippen LogP contribution in [0.5, 0.6) is 28.7 Å². The molecule has 3 amide bonds. The number of ether oxygens (including phenoxy) is 5. The third-order valence-electron chi connectivity index (χ3n) is 20.9. The first-order valence-electron chi connectivity index (χ1n) is 45.5. The molecule has 0 aliphatic heterocycles. The lowest BCUT2D eigenvalue weighted by atomic mass is 9.81. The number of aliphatic carboxylic acids is 2. The maximum absolute atomic E-state index is 12.8. The number of nitrogens with zero attached hydrogens (tertiary/aromatic N) is 3. The zero-order chi connectivity index (χ0) is 106. The van der Waals surface area contributed by atoms with Crippen molar-refractivity contribution in [2.75, 3.05) is 42.3 Å². The Morgan fingerprint density at radius 1 is 0.284 bits per heavy atom. The highest BCUT2D eigenvalue weighted by Gasteiger charge is 2.29. The number of carboxylic acids is 2. The van der Waals surface area contributed by atoms with Crippen LogP contribution in [0.15, 0.2) is 218 Å². The molecule has 0 heterocycles. The van der Waals surface area contributed by atoms with Gasteiger partial charge in [0.2, 0.25) is 17.7 Å². The Morgan fingerprint density at radius 2 is 0.589 bits per heavy atom. The predicted molar refractivity (Wildman–Crippen MR) is 550 cm³/mol. The van der Waals surface area contributed by atoms with E-state index in [-0.39, 0.29) is 80.4 Å². The van der Waals surface area contributed by atoms with Crippen LogP contribution in [0.1, 0.15) is 246 Å². The normalized spacial score (nSPS) is 11.3. The van der Waals surface area contributed by atoms with Crippen molar-refractivity contribution >= 4 is 88.7 Å². The van der Waals surface area contributed by atoms with E-state index in [0.29, 0.717) is 147 Å². The second-order valence-electron chi connectivity index (χ2n) is 40.8. The van der Waals surface area contributed by atoms with E-state index < -0.39 is 47.7 Å². The summed E-state index contributed by atoms with van der Waals surface area (Å²) in [6.07, 6.45) is 3.99. The topological polar surface area (TPSA) is 516 Å². The first kappa shape index (κ1) is 114. The molecule has 746 valence electrons. The first-order valence-corrected chi connectivity index (χ1v) is 45.5. The third kappa shape index (κ3) is 39.3. The van der Waals surface area contributed by atoms with Crippen LogP contribution in [0.25, 0.3) is 0 Å². The first-order chi connectivity index (χ1) is 65.5. The van der Waals surface area contributed by atoms with Crippen LogP contribution in [0.3, 0.4) is 0 Å². The number of benzene rings is 10. The van der Waals surface area contributed by atoms with Crippen molar-refractivity contribution in [2.45, 2.75) is 168 Å². The van der Waals surface area contributed by atoms with E-state index >= 15 is 0 Å². The van der Waals surface area contributed by atoms with Crippen molar-refractivity contribution in [3.8, 4) is 28.7 Å². The van der Waals surface area contributed by atoms with E-state index in [0.717, 1.165) is 38.9 Å². The molecule has 0 aromatic heterocycles. The van der Waals surface area contributed by atoms with E-state index in [1.54, 1.807) is 241 Å². The largest absolute Gasteiger partial charge is 0.481 e. The molecule has 10 aromatic carbocycles. The molecule has 0 fully saturated rings. The summed E-state index contributed by atoms with van der Waals surface area (Å²) in [5.41, 5.74) is 39.3. The minimum atomic E-state index is -0.902. The summed E-state index contributed by atoms with van der Waals surface area (Å²) in [4.78, 5) is 125. The van der Waals surface area contributed by atoms with Crippen molar-refractivity contribution in [1.29, 1.82) is 27.0 Å². The molecular weight excluding hydrogens is 1790 g/mol. The van der Waals surface area contributed by atoms with E-state index in [2.05, 4.69) is 83.1 Å². The van der Waals surface area contributed by atoms with Crippen molar-refractivity contribution in [3.05, 3.63) is 324 Å². The molecule has 10 rings (SSSR count). The fraction of sp³-hybridized carbons (Fsp3) is 0.324. The van der Waals surface area contributed by atoms with Crippen molar-refractivity contribution < 1.29 is 81.8 Å². The molecule has 0 radical (unpaired) electrons. The van der Waals surface area contributed by atoms with Gasteiger partial charge in [0.25, 0.3) is 0 Å². The number of esters is 5. The monoisotopic (exact) mass is 1920 g/mol. The molecule has 1 unspecified atom stereocenters. The Kier molecular flexibility index (Phi) is 40.9. The minimum Gasteiger partial charge on any atom is -0.481 e. The van der Waals surface area contributed by atoms with Gasteiger partial charge < -0.3 is 77.3 Å². The van der Waals surface area contributed by atoms with Crippen LogP contribution in [0, 0.1) is 54.1 Å². The van der Waals surface area contributed by atoms with Crippen LogP contribution < -0.4 is 52.4 Å². The summed E-state index contributed by atoms with van der Waals surface area (Å²) >= 11 is 0. The zero-order valence-corrected chi connectivity index (χ0v) is 84.5. The van der Waals surface area contributed by atoms with Crippen molar-refractivity contribution in [1.82, 2.24) is 14.7 Å². The second kappa shape index (κ2) is 50.5. The number of amidine groups is 5. The number of nitrogen functional groups attached to an aromatic ring is 5. The van der Waals surface area contributed by atoms with Crippen molar-refractivity contribution in [3.63, 3.8) is 0 Å². The maximum Gasteiger partial charge on any atom is 0.343 e. The van der Waals surface area contributed by atoms with Crippen LogP contribution in [0.4, 0.5) is 0 Å². The number of hydrogen-bond donors (Lipinski definition) is 12. The highest BCUT2D eigenvalue weighted by molar-refractivity contribution is 6.02. The minimum absolute atomic E-state index is 0.00619. The van der Waals surface area contributed by atoms with E-state index in [9.17, 15) is 53.1 Å². The number of hydrogen-bond acceptors (Lipinski definition) is 20. The van der Waals surface area contributed by atoms with Crippen LogP contribution in [-0.2, 0) is 75.3 Å². The molecule has 0 bridgehead atoms. The molecule has 10 aromatic rings. The molecule has 141 heavy (non-hydrogen) atoms. The van der Waals surface area contributed by atoms with Gasteiger partial charge in [0.05, 0.1) is 59.4 Å². The quantitative estimate of drug-likeness (QED) is 0.00861. The average Bonchev–Trinajstić information content (AvgIpc) is 0.851. The standard InChI is InChI=1S/3C23H29N3O3.2C21H24N2O4/c1-23(2,3)14-18-12-15(13-20(27)26(4)5)6-11-19(18)29-22(28)17-9-7-16(8-10-17)21(24)25;1-23(2,3)14-17-13-16(8-11-19(17)21(24)25)22(28)29-18-9-6-15(7-10-18)12-20(27)26(4)5;1-23(2,3)14-17-13-16(21(24)25)8-11-19(17)22(28)29-18-9-6-15(7-10-18)12-20(27)26(4)5;1-21(2,3)12-17(19(24)25)13-8-10-16(11-9-13)27-20(26)15-6-4-14(5-7-15)18(22)23;1-21(2,3)12-16-10-17(9-8-15(16)11-18(24)25)27-20(26)14-6-4-13(5-7-14)19(22)23/h6-12H,13-14H2,1-5H3,(H3,24,25);2*6-11,13H,12,14H2,1-5H3,(H3,24,25);4-11,17H,12H2,1-3H3,(H3,22,23)(H,24,25);4-10H,11-12H2,1-3H3,(H3,22,23)(H,24,25). The summed E-state index contributed by atoms with van der Waals surface area (Å²) < 4.78 is 27.5. The number of carbonyl (C=O) groups is 10. The Morgan fingerprint density at radius 3 is 0.957 bits per heavy atom. The van der Waals surface area contributed by atoms with Gasteiger partial charge in [-0.15, -0.1) is 0 Å². The summed E-state index contributed by atoms with van der Waals surface area (Å²) in [6, 6.07) is 59.9. The summed E-state index contributed by atoms with van der Waals surface area (Å²) in [7, 11) is 10.3. The molecule has 0 aliphatic carbocycles. The van der Waals surface area contributed by atoms with Gasteiger partial charge in [0.1, 0.15) is 57.9 Å². The Hall–Kier alpha value is -15.8. The van der Waals surface area contributed by atoms with Gasteiger partial charge in [0, 0.05) is 70.1 Å². The highest BCUT2D eigenvalue weighted by atomic mass is 16.6. The molecule has 0 saturated heterocycles. The summed E-state index contributed by atoms with van der Waals surface area (Å²) in [6.45, 7) is 31.0. The number of nitrogens with two attached hydrogens (primary N) is 5. The molecule has 30 heteroatoms. The van der Waals surface area contributed by atoms with E-state index in [1.807, 2.05) is 32.9 Å². The average molecular weight is 1920 g/mol. The summed E-state index contributed by atoms with van der Waals surface area (Å²) in [5.74, 6) is -3.12. The Balaban J connectivity index is 0.000000270. The Labute approximate surface area is 826 Å². The molecular formula is C111H135N13O17. The number of nitrogens with one attached hydrogen (secondary N) is 5. The Bertz CT molecular complexity index is 6170. The number of likely N-dealkylation sites (N-methyl/N-ethyl adjacent to an activating group) is 3. The number of carboxylic acid groups (broad SMARTS) is 2. The van der Waals surface area contributed by atoms with Crippen LogP contribution in [-0.4, -0.2) is 156 Å². The van der Waals surface area contributed by atoms with Gasteiger partial charge in [-0.25, -0.2) is 24.0 Å². The second-order valence-corrected chi connectivity index (χ2v) is 40.8. The lowest BCUT2D eigenvalue weighted by Crippen LogP contribution is -2.23. The number of amides is 3. The predicted octanol–water partition coefficient (Wildman–Crippen LogP) is 17.4. The smallest absolute Gasteiger partial charge is 0.343 e. The fourth-order valence-electron chi connectivity index (χ4n) is 13.9. The van der Waals surface area contributed by atoms with Gasteiger partial charge in [-0.1, -0.05) is 207 Å². The van der Waals surface area contributed by atoms with Gasteiger partial charge in [-0.05, 0) is 225 Å². The van der Waals surface area contributed by atoms with Gasteiger partial charge in [0.15, 0.2) is 0 Å². The van der Waals surface area contributed by atoms with E-state index in [1.165, 1.54) is 21.9 Å². The highest BCUT2D eigenvalue weighted by Crippen LogP contribution is 2.36. The third-order valence-corrected chi connectivity index (χ3v) is 20.9. The van der Waals surface area contributed by atoms with Gasteiger partial charge >= 0.3 is 41.8 Å². The molecule has 0 spiro atoms. The lowest BCUT2D eigenvalue weighted by molar-refractivity contribution is -0.140.